The molecule has 0 saturated heterocycles. The zero-order valence-electron chi connectivity index (χ0n) is 12.6. The van der Waals surface area contributed by atoms with Gasteiger partial charge in [0, 0.05) is 18.0 Å². The summed E-state index contributed by atoms with van der Waals surface area (Å²) in [5, 5.41) is 11.9. The Morgan fingerprint density at radius 2 is 2.10 bits per heavy atom. The van der Waals surface area contributed by atoms with Crippen molar-refractivity contribution in [1.82, 2.24) is 5.32 Å². The Morgan fingerprint density at radius 3 is 2.86 bits per heavy atom. The fourth-order valence-electron chi connectivity index (χ4n) is 2.78. The number of aliphatic hydroxyl groups is 1. The first-order valence-electron chi connectivity index (χ1n) is 7.72. The summed E-state index contributed by atoms with van der Waals surface area (Å²) in [4.78, 5) is 12.5. The van der Waals surface area contributed by atoms with Crippen LogP contribution in [0.2, 0.25) is 0 Å². The molecule has 1 aromatic carbocycles. The minimum Gasteiger partial charge on any atom is -0.395 e. The van der Waals surface area contributed by atoms with Gasteiger partial charge in [0.05, 0.1) is 12.2 Å². The molecule has 1 aromatic rings. The van der Waals surface area contributed by atoms with Gasteiger partial charge in [-0.05, 0) is 30.9 Å². The molecule has 0 bridgehead atoms. The maximum atomic E-state index is 12.5. The highest BCUT2D eigenvalue weighted by atomic mass is 16.2. The van der Waals surface area contributed by atoms with Crippen molar-refractivity contribution in [2.45, 2.75) is 45.1 Å². The van der Waals surface area contributed by atoms with Crippen molar-refractivity contribution in [3.05, 3.63) is 35.4 Å². The normalized spacial score (nSPS) is 21.2. The van der Waals surface area contributed by atoms with Gasteiger partial charge in [-0.15, -0.1) is 0 Å². The van der Waals surface area contributed by atoms with E-state index in [-0.39, 0.29) is 18.6 Å². The number of amides is 1. The highest BCUT2D eigenvalue weighted by Gasteiger charge is 2.23. The SMILES string of the molecule is CC1CCCCC1NC(=O)c1ccccc1C#CCCO. The number of nitrogens with one attached hydrogen (secondary N) is 1. The van der Waals surface area contributed by atoms with Crippen molar-refractivity contribution < 1.29 is 9.90 Å². The number of carbonyl (C=O) groups is 1. The highest BCUT2D eigenvalue weighted by Crippen LogP contribution is 2.24. The maximum Gasteiger partial charge on any atom is 0.252 e. The molecular weight excluding hydrogens is 262 g/mol. The molecule has 0 radical (unpaired) electrons. The molecule has 2 N–H and O–H groups in total. The van der Waals surface area contributed by atoms with Crippen LogP contribution in [0.4, 0.5) is 0 Å². The van der Waals surface area contributed by atoms with E-state index in [1.165, 1.54) is 19.3 Å². The predicted octanol–water partition coefficient (Wildman–Crippen LogP) is 2.73. The largest absolute Gasteiger partial charge is 0.395 e. The van der Waals surface area contributed by atoms with Crippen molar-refractivity contribution >= 4 is 5.91 Å². The molecule has 1 saturated carbocycles. The van der Waals surface area contributed by atoms with Gasteiger partial charge in [-0.2, -0.15) is 0 Å². The molecule has 0 heterocycles. The van der Waals surface area contributed by atoms with Crippen LogP contribution in [0, 0.1) is 17.8 Å². The number of rotatable bonds is 3. The summed E-state index contributed by atoms with van der Waals surface area (Å²) in [5.74, 6) is 6.35. The topological polar surface area (TPSA) is 49.3 Å². The second kappa shape index (κ2) is 7.85. The third-order valence-corrected chi connectivity index (χ3v) is 4.06. The highest BCUT2D eigenvalue weighted by molar-refractivity contribution is 5.96. The van der Waals surface area contributed by atoms with Gasteiger partial charge >= 0.3 is 0 Å². The lowest BCUT2D eigenvalue weighted by Gasteiger charge is -2.29. The van der Waals surface area contributed by atoms with Crippen LogP contribution in [0.1, 0.15) is 54.9 Å². The van der Waals surface area contributed by atoms with E-state index >= 15 is 0 Å². The molecule has 1 amide bonds. The van der Waals surface area contributed by atoms with Crippen molar-refractivity contribution in [2.75, 3.05) is 6.61 Å². The fourth-order valence-corrected chi connectivity index (χ4v) is 2.78. The van der Waals surface area contributed by atoms with Crippen molar-refractivity contribution in [3.8, 4) is 11.8 Å². The summed E-state index contributed by atoms with van der Waals surface area (Å²) >= 11 is 0. The number of hydrogen-bond acceptors (Lipinski definition) is 2. The zero-order valence-corrected chi connectivity index (χ0v) is 12.6. The molecule has 0 spiro atoms. The van der Waals surface area contributed by atoms with Gasteiger partial charge < -0.3 is 10.4 Å². The average Bonchev–Trinajstić information content (AvgIpc) is 2.50. The molecule has 0 aromatic heterocycles. The van der Waals surface area contributed by atoms with Gasteiger partial charge in [-0.1, -0.05) is 43.7 Å². The minimum atomic E-state index is -0.0392. The van der Waals surface area contributed by atoms with E-state index in [1.807, 2.05) is 24.3 Å². The van der Waals surface area contributed by atoms with E-state index in [1.54, 1.807) is 0 Å². The molecule has 112 valence electrons. The van der Waals surface area contributed by atoms with Crippen LogP contribution in [-0.2, 0) is 0 Å². The summed E-state index contributed by atoms with van der Waals surface area (Å²) in [6.45, 7) is 2.25. The Hall–Kier alpha value is -1.79. The summed E-state index contributed by atoms with van der Waals surface area (Å²) < 4.78 is 0. The lowest BCUT2D eigenvalue weighted by atomic mass is 9.86. The van der Waals surface area contributed by atoms with Gasteiger partial charge in [0.25, 0.3) is 5.91 Å². The Bertz CT molecular complexity index is 542. The Kier molecular flexibility index (Phi) is 5.83. The van der Waals surface area contributed by atoms with Gasteiger partial charge in [-0.25, -0.2) is 0 Å². The fraction of sp³-hybridized carbons (Fsp3) is 0.500. The van der Waals surface area contributed by atoms with E-state index in [0.29, 0.717) is 17.9 Å². The van der Waals surface area contributed by atoms with Crippen molar-refractivity contribution in [3.63, 3.8) is 0 Å². The molecule has 21 heavy (non-hydrogen) atoms. The van der Waals surface area contributed by atoms with Gasteiger partial charge in [0.15, 0.2) is 0 Å². The molecule has 2 atom stereocenters. The smallest absolute Gasteiger partial charge is 0.252 e. The molecule has 3 nitrogen and oxygen atoms in total. The Morgan fingerprint density at radius 1 is 1.33 bits per heavy atom. The van der Waals surface area contributed by atoms with Crippen LogP contribution >= 0.6 is 0 Å². The monoisotopic (exact) mass is 285 g/mol. The number of aliphatic hydroxyl groups excluding tert-OH is 1. The summed E-state index contributed by atoms with van der Waals surface area (Å²) in [6, 6.07) is 7.67. The Balaban J connectivity index is 2.10. The summed E-state index contributed by atoms with van der Waals surface area (Å²) in [5.41, 5.74) is 1.35. The van der Waals surface area contributed by atoms with Gasteiger partial charge in [-0.3, -0.25) is 4.79 Å². The van der Waals surface area contributed by atoms with Crippen LogP contribution in [0.25, 0.3) is 0 Å². The summed E-state index contributed by atoms with van der Waals surface area (Å²) in [7, 11) is 0. The van der Waals surface area contributed by atoms with E-state index in [4.69, 9.17) is 5.11 Å². The molecular formula is C18H23NO2. The molecule has 1 aliphatic rings. The van der Waals surface area contributed by atoms with E-state index < -0.39 is 0 Å². The molecule has 1 aliphatic carbocycles. The molecule has 2 rings (SSSR count). The third-order valence-electron chi connectivity index (χ3n) is 4.06. The molecule has 3 heteroatoms. The van der Waals surface area contributed by atoms with Crippen LogP contribution in [0.5, 0.6) is 0 Å². The quantitative estimate of drug-likeness (QED) is 0.839. The first-order valence-corrected chi connectivity index (χ1v) is 7.72. The number of benzene rings is 1. The zero-order chi connectivity index (χ0) is 15.1. The maximum absolute atomic E-state index is 12.5. The van der Waals surface area contributed by atoms with Crippen LogP contribution < -0.4 is 5.32 Å². The second-order valence-corrected chi connectivity index (χ2v) is 5.66. The lowest BCUT2D eigenvalue weighted by molar-refractivity contribution is 0.0910. The van der Waals surface area contributed by atoms with Crippen molar-refractivity contribution in [2.24, 2.45) is 5.92 Å². The first-order chi connectivity index (χ1) is 10.2. The van der Waals surface area contributed by atoms with Crippen LogP contribution in [-0.4, -0.2) is 23.7 Å². The van der Waals surface area contributed by atoms with E-state index in [2.05, 4.69) is 24.1 Å². The van der Waals surface area contributed by atoms with Gasteiger partial charge in [0.1, 0.15) is 0 Å². The lowest BCUT2D eigenvalue weighted by Crippen LogP contribution is -2.41. The molecule has 2 unspecified atom stereocenters. The number of hydrogen-bond donors (Lipinski definition) is 2. The van der Waals surface area contributed by atoms with Crippen LogP contribution in [0.15, 0.2) is 24.3 Å². The standard InChI is InChI=1S/C18H23NO2/c1-14-8-2-5-12-17(14)19-18(21)16-11-4-3-9-15(16)10-6-7-13-20/h3-4,9,11,14,17,20H,2,5,7-8,12-13H2,1H3,(H,19,21). The van der Waals surface area contributed by atoms with Crippen molar-refractivity contribution in [1.29, 1.82) is 0 Å². The average molecular weight is 285 g/mol. The second-order valence-electron chi connectivity index (χ2n) is 5.66. The van der Waals surface area contributed by atoms with Gasteiger partial charge in [0.2, 0.25) is 0 Å². The number of carbonyl (C=O) groups excluding carboxylic acids is 1. The first kappa shape index (κ1) is 15.6. The Labute approximate surface area is 126 Å². The molecule has 1 fully saturated rings. The predicted molar refractivity (Wildman–Crippen MR) is 83.9 cm³/mol. The van der Waals surface area contributed by atoms with Crippen LogP contribution in [0.3, 0.4) is 0 Å². The minimum absolute atomic E-state index is 0.0392. The molecule has 0 aliphatic heterocycles. The third kappa shape index (κ3) is 4.34. The van der Waals surface area contributed by atoms with E-state index in [0.717, 1.165) is 12.0 Å². The summed E-state index contributed by atoms with van der Waals surface area (Å²) in [6.07, 6.45) is 5.12. The van der Waals surface area contributed by atoms with E-state index in [9.17, 15) is 4.79 Å².